The van der Waals surface area contributed by atoms with Crippen molar-refractivity contribution in [3.8, 4) is 0 Å². The summed E-state index contributed by atoms with van der Waals surface area (Å²) in [6.45, 7) is 1.41. The van der Waals surface area contributed by atoms with E-state index in [0.717, 1.165) is 19.4 Å². The van der Waals surface area contributed by atoms with Crippen LogP contribution in [0.4, 0.5) is 0 Å². The van der Waals surface area contributed by atoms with Crippen LogP contribution in [0.2, 0.25) is 0 Å². The first-order valence-corrected chi connectivity index (χ1v) is 6.06. The Morgan fingerprint density at radius 3 is 2.89 bits per heavy atom. The van der Waals surface area contributed by atoms with Crippen molar-refractivity contribution in [3.63, 3.8) is 0 Å². The SMILES string of the molecule is O=C(c1ncn[nH]1)N1CCCc2ccccc2C1. The molecule has 18 heavy (non-hydrogen) atoms. The van der Waals surface area contributed by atoms with E-state index in [1.165, 1.54) is 17.5 Å². The van der Waals surface area contributed by atoms with Crippen molar-refractivity contribution in [2.24, 2.45) is 0 Å². The normalized spacial score (nSPS) is 15.0. The van der Waals surface area contributed by atoms with Crippen LogP contribution in [0, 0.1) is 0 Å². The minimum absolute atomic E-state index is 0.0794. The summed E-state index contributed by atoms with van der Waals surface area (Å²) in [6, 6.07) is 8.28. The van der Waals surface area contributed by atoms with Gasteiger partial charge in [-0.15, -0.1) is 0 Å². The Labute approximate surface area is 105 Å². The lowest BCUT2D eigenvalue weighted by atomic mass is 10.0. The molecular formula is C13H14N4O. The molecule has 92 valence electrons. The Hall–Kier alpha value is -2.17. The smallest absolute Gasteiger partial charge is 0.291 e. The third-order valence-electron chi connectivity index (χ3n) is 3.26. The second-order valence-electron chi connectivity index (χ2n) is 4.43. The number of rotatable bonds is 1. The van der Waals surface area contributed by atoms with Crippen LogP contribution in [0.25, 0.3) is 0 Å². The number of benzene rings is 1. The Morgan fingerprint density at radius 1 is 1.28 bits per heavy atom. The fourth-order valence-electron chi connectivity index (χ4n) is 2.33. The molecule has 0 spiro atoms. The van der Waals surface area contributed by atoms with Crippen molar-refractivity contribution < 1.29 is 4.79 Å². The van der Waals surface area contributed by atoms with Crippen LogP contribution in [-0.4, -0.2) is 32.5 Å². The number of hydrogen-bond donors (Lipinski definition) is 1. The molecule has 0 bridgehead atoms. The summed E-state index contributed by atoms with van der Waals surface area (Å²) < 4.78 is 0. The Bertz CT molecular complexity index is 550. The van der Waals surface area contributed by atoms with E-state index in [9.17, 15) is 4.79 Å². The average Bonchev–Trinajstić information content (AvgIpc) is 2.84. The van der Waals surface area contributed by atoms with Crippen LogP contribution in [0.1, 0.15) is 28.2 Å². The van der Waals surface area contributed by atoms with Gasteiger partial charge in [-0.05, 0) is 24.0 Å². The highest BCUT2D eigenvalue weighted by Gasteiger charge is 2.21. The van der Waals surface area contributed by atoms with Crippen LogP contribution < -0.4 is 0 Å². The van der Waals surface area contributed by atoms with Crippen molar-refractivity contribution >= 4 is 5.91 Å². The molecular weight excluding hydrogens is 228 g/mol. The van der Waals surface area contributed by atoms with Crippen LogP contribution in [0.3, 0.4) is 0 Å². The molecule has 1 N–H and O–H groups in total. The van der Waals surface area contributed by atoms with Gasteiger partial charge in [0.2, 0.25) is 5.82 Å². The second kappa shape index (κ2) is 4.60. The number of carbonyl (C=O) groups excluding carboxylic acids is 1. The lowest BCUT2D eigenvalue weighted by Crippen LogP contribution is -2.31. The molecule has 0 unspecified atom stereocenters. The molecule has 5 nitrogen and oxygen atoms in total. The van der Waals surface area contributed by atoms with Gasteiger partial charge in [0, 0.05) is 13.1 Å². The van der Waals surface area contributed by atoms with E-state index in [2.05, 4.69) is 27.3 Å². The number of amides is 1. The summed E-state index contributed by atoms with van der Waals surface area (Å²) in [5.74, 6) is 0.235. The van der Waals surface area contributed by atoms with Crippen LogP contribution in [0.15, 0.2) is 30.6 Å². The molecule has 3 rings (SSSR count). The zero-order chi connectivity index (χ0) is 12.4. The Kier molecular flexibility index (Phi) is 2.80. The number of carbonyl (C=O) groups is 1. The molecule has 0 aliphatic carbocycles. The predicted octanol–water partition coefficient (Wildman–Crippen LogP) is 1.39. The molecule has 1 aromatic heterocycles. The molecule has 5 heteroatoms. The molecule has 1 amide bonds. The van der Waals surface area contributed by atoms with Crippen molar-refractivity contribution in [1.82, 2.24) is 20.1 Å². The van der Waals surface area contributed by atoms with Gasteiger partial charge in [0.1, 0.15) is 6.33 Å². The summed E-state index contributed by atoms with van der Waals surface area (Å²) >= 11 is 0. The number of H-pyrrole nitrogens is 1. The van der Waals surface area contributed by atoms with E-state index in [1.54, 1.807) is 0 Å². The van der Waals surface area contributed by atoms with E-state index in [4.69, 9.17) is 0 Å². The molecule has 1 aliphatic rings. The van der Waals surface area contributed by atoms with Gasteiger partial charge in [0.05, 0.1) is 0 Å². The molecule has 0 fully saturated rings. The molecule has 0 saturated carbocycles. The fraction of sp³-hybridized carbons (Fsp3) is 0.308. The lowest BCUT2D eigenvalue weighted by Gasteiger charge is -2.19. The molecule has 2 heterocycles. The molecule has 2 aromatic rings. The summed E-state index contributed by atoms with van der Waals surface area (Å²) in [5.41, 5.74) is 2.56. The largest absolute Gasteiger partial charge is 0.332 e. The van der Waals surface area contributed by atoms with E-state index in [1.807, 2.05) is 17.0 Å². The number of nitrogens with one attached hydrogen (secondary N) is 1. The Balaban J connectivity index is 1.85. The van der Waals surface area contributed by atoms with Crippen molar-refractivity contribution in [2.45, 2.75) is 19.4 Å². The topological polar surface area (TPSA) is 61.9 Å². The first-order chi connectivity index (χ1) is 8.84. The standard InChI is InChI=1S/C13H14N4O/c18-13(12-14-9-15-16-12)17-7-3-6-10-4-1-2-5-11(10)8-17/h1-2,4-5,9H,3,6-8H2,(H,14,15,16). The van der Waals surface area contributed by atoms with Gasteiger partial charge in [0.15, 0.2) is 0 Å². The van der Waals surface area contributed by atoms with Crippen molar-refractivity contribution in [2.75, 3.05) is 6.54 Å². The molecule has 1 aromatic carbocycles. The van der Waals surface area contributed by atoms with Gasteiger partial charge in [-0.1, -0.05) is 24.3 Å². The number of aromatic nitrogens is 3. The number of nitrogens with zero attached hydrogens (tertiary/aromatic N) is 3. The number of fused-ring (bicyclic) bond motifs is 1. The van der Waals surface area contributed by atoms with Gasteiger partial charge < -0.3 is 4.90 Å². The minimum Gasteiger partial charge on any atom is -0.332 e. The van der Waals surface area contributed by atoms with Crippen LogP contribution >= 0.6 is 0 Å². The average molecular weight is 242 g/mol. The molecule has 0 atom stereocenters. The number of hydrogen-bond acceptors (Lipinski definition) is 3. The van der Waals surface area contributed by atoms with E-state index < -0.39 is 0 Å². The highest BCUT2D eigenvalue weighted by atomic mass is 16.2. The zero-order valence-electron chi connectivity index (χ0n) is 9.97. The van der Waals surface area contributed by atoms with Gasteiger partial charge in [0.25, 0.3) is 5.91 Å². The molecule has 1 aliphatic heterocycles. The maximum Gasteiger partial charge on any atom is 0.291 e. The van der Waals surface area contributed by atoms with Gasteiger partial charge in [-0.3, -0.25) is 9.89 Å². The van der Waals surface area contributed by atoms with Crippen LogP contribution in [-0.2, 0) is 13.0 Å². The second-order valence-corrected chi connectivity index (χ2v) is 4.43. The lowest BCUT2D eigenvalue weighted by molar-refractivity contribution is 0.0734. The van der Waals surface area contributed by atoms with Gasteiger partial charge in [-0.2, -0.15) is 5.10 Å². The summed E-state index contributed by atoms with van der Waals surface area (Å²) in [6.07, 6.45) is 3.37. The van der Waals surface area contributed by atoms with Gasteiger partial charge in [-0.25, -0.2) is 4.98 Å². The zero-order valence-corrected chi connectivity index (χ0v) is 9.97. The molecule has 0 radical (unpaired) electrons. The summed E-state index contributed by atoms with van der Waals surface area (Å²) in [7, 11) is 0. The minimum atomic E-state index is -0.0794. The third-order valence-corrected chi connectivity index (χ3v) is 3.26. The van der Waals surface area contributed by atoms with Crippen molar-refractivity contribution in [1.29, 1.82) is 0 Å². The first kappa shape index (κ1) is 11.0. The third kappa shape index (κ3) is 1.99. The number of aryl methyl sites for hydroxylation is 1. The maximum atomic E-state index is 12.2. The molecule has 0 saturated heterocycles. The van der Waals surface area contributed by atoms with Crippen LogP contribution in [0.5, 0.6) is 0 Å². The van der Waals surface area contributed by atoms with E-state index in [0.29, 0.717) is 12.4 Å². The Morgan fingerprint density at radius 2 is 2.11 bits per heavy atom. The van der Waals surface area contributed by atoms with E-state index in [-0.39, 0.29) is 5.91 Å². The fourth-order valence-corrected chi connectivity index (χ4v) is 2.33. The highest BCUT2D eigenvalue weighted by molar-refractivity contribution is 5.90. The van der Waals surface area contributed by atoms with E-state index >= 15 is 0 Å². The quantitative estimate of drug-likeness (QED) is 0.822. The maximum absolute atomic E-state index is 12.2. The summed E-state index contributed by atoms with van der Waals surface area (Å²) in [5, 5.41) is 6.35. The first-order valence-electron chi connectivity index (χ1n) is 6.06. The predicted molar refractivity (Wildman–Crippen MR) is 65.9 cm³/mol. The number of aromatic amines is 1. The van der Waals surface area contributed by atoms with Crippen molar-refractivity contribution in [3.05, 3.63) is 47.5 Å². The highest BCUT2D eigenvalue weighted by Crippen LogP contribution is 2.19. The van der Waals surface area contributed by atoms with Gasteiger partial charge >= 0.3 is 0 Å². The summed E-state index contributed by atoms with van der Waals surface area (Å²) in [4.78, 5) is 18.0. The monoisotopic (exact) mass is 242 g/mol.